The highest BCUT2D eigenvalue weighted by atomic mass is 32.2. The van der Waals surface area contributed by atoms with E-state index < -0.39 is 10.1 Å². The number of hydrogen-bond acceptors (Lipinski definition) is 3. The smallest absolute Gasteiger partial charge is 0.125 e. The summed E-state index contributed by atoms with van der Waals surface area (Å²) in [5, 5.41) is 3.22. The zero-order valence-corrected chi connectivity index (χ0v) is 11.1. The van der Waals surface area contributed by atoms with Gasteiger partial charge in [-0.1, -0.05) is 48.5 Å². The predicted octanol–water partition coefficient (Wildman–Crippen LogP) is 3.27. The minimum Gasteiger partial charge on any atom is -0.744 e. The van der Waals surface area contributed by atoms with Crippen LogP contribution in [0, 0.1) is 0 Å². The summed E-state index contributed by atoms with van der Waals surface area (Å²) in [7, 11) is -4.45. The van der Waals surface area contributed by atoms with E-state index in [1.807, 2.05) is 36.4 Å². The molecule has 0 amide bonds. The average Bonchev–Trinajstić information content (AvgIpc) is 2.36. The van der Waals surface area contributed by atoms with Gasteiger partial charge in [-0.25, -0.2) is 8.42 Å². The summed E-state index contributed by atoms with van der Waals surface area (Å²) in [6.45, 7) is 0. The maximum absolute atomic E-state index is 11.2. The van der Waals surface area contributed by atoms with Crippen LogP contribution < -0.4 is 6.15 Å². The summed E-state index contributed by atoms with van der Waals surface area (Å²) >= 11 is 0. The molecule has 0 fully saturated rings. The highest BCUT2D eigenvalue weighted by Gasteiger charge is 2.08. The lowest BCUT2D eigenvalue weighted by Gasteiger charge is -2.11. The minimum absolute atomic E-state index is 0. The molecule has 0 spiro atoms. The van der Waals surface area contributed by atoms with Gasteiger partial charge < -0.3 is 10.7 Å². The van der Waals surface area contributed by atoms with Crippen LogP contribution in [0.2, 0.25) is 0 Å². The van der Waals surface area contributed by atoms with Crippen LogP contribution in [-0.2, 0) is 10.1 Å². The zero-order chi connectivity index (χ0) is 12.8. The van der Waals surface area contributed by atoms with Gasteiger partial charge in [-0.2, -0.15) is 0 Å². The van der Waals surface area contributed by atoms with Gasteiger partial charge in [0.25, 0.3) is 0 Å². The van der Waals surface area contributed by atoms with Gasteiger partial charge in [0, 0.05) is 0 Å². The molecule has 3 rings (SSSR count). The standard InChI is InChI=1S/C14H10O3S.H3N/c15-18(16,17)14-7-3-6-12-11-5-2-1-4-10(11)8-9-13(12)14;/h1-9H,(H,15,16,17);1H3. The Hall–Kier alpha value is -1.95. The second-order valence-electron chi connectivity index (χ2n) is 4.09. The van der Waals surface area contributed by atoms with Crippen molar-refractivity contribution in [2.45, 2.75) is 4.90 Å². The van der Waals surface area contributed by atoms with Crippen LogP contribution >= 0.6 is 0 Å². The summed E-state index contributed by atoms with van der Waals surface area (Å²) in [5.41, 5.74) is 0. The van der Waals surface area contributed by atoms with Crippen molar-refractivity contribution in [2.24, 2.45) is 0 Å². The fourth-order valence-electron chi connectivity index (χ4n) is 2.23. The third-order valence-electron chi connectivity index (χ3n) is 3.02. The van der Waals surface area contributed by atoms with Gasteiger partial charge in [-0.15, -0.1) is 0 Å². The quantitative estimate of drug-likeness (QED) is 0.545. The first kappa shape index (κ1) is 13.5. The fraction of sp³-hybridized carbons (Fsp3) is 0. The first-order valence-corrected chi connectivity index (χ1v) is 6.84. The lowest BCUT2D eigenvalue weighted by Crippen LogP contribution is -1.99. The maximum atomic E-state index is 11.2. The number of quaternary nitrogens is 1. The average molecular weight is 275 g/mol. The van der Waals surface area contributed by atoms with Crippen LogP contribution in [0.3, 0.4) is 0 Å². The summed E-state index contributed by atoms with van der Waals surface area (Å²) in [5.74, 6) is 0. The van der Waals surface area contributed by atoms with E-state index in [0.29, 0.717) is 5.39 Å². The number of rotatable bonds is 1. The second-order valence-corrected chi connectivity index (χ2v) is 5.44. The molecule has 5 heteroatoms. The summed E-state index contributed by atoms with van der Waals surface area (Å²) in [6.07, 6.45) is 0. The fourth-order valence-corrected chi connectivity index (χ4v) is 2.92. The summed E-state index contributed by atoms with van der Waals surface area (Å²) in [6, 6.07) is 16.0. The van der Waals surface area contributed by atoms with E-state index in [1.54, 1.807) is 12.1 Å². The molecule has 0 bridgehead atoms. The summed E-state index contributed by atoms with van der Waals surface area (Å²) in [4.78, 5) is -0.161. The maximum Gasteiger partial charge on any atom is 0.125 e. The van der Waals surface area contributed by atoms with Crippen molar-refractivity contribution in [1.29, 1.82) is 0 Å². The third kappa shape index (κ3) is 2.19. The van der Waals surface area contributed by atoms with Crippen molar-refractivity contribution >= 4 is 31.7 Å². The molecular weight excluding hydrogens is 262 g/mol. The van der Waals surface area contributed by atoms with Gasteiger partial charge in [-0.05, 0) is 27.6 Å². The van der Waals surface area contributed by atoms with Gasteiger partial charge in [-0.3, -0.25) is 0 Å². The number of benzene rings is 3. The van der Waals surface area contributed by atoms with Crippen LogP contribution in [-0.4, -0.2) is 13.0 Å². The Balaban J connectivity index is 0.00000133. The monoisotopic (exact) mass is 275 g/mol. The molecule has 0 unspecified atom stereocenters. The van der Waals surface area contributed by atoms with E-state index in [0.717, 1.165) is 16.2 Å². The van der Waals surface area contributed by atoms with Gasteiger partial charge in [0.05, 0.1) is 4.90 Å². The molecule has 4 N–H and O–H groups in total. The molecule has 0 aliphatic carbocycles. The SMILES string of the molecule is O=S(=O)([O-])c1cccc2c1ccc1ccccc12.[NH4+]. The Morgan fingerprint density at radius 3 is 2.16 bits per heavy atom. The molecule has 0 atom stereocenters. The zero-order valence-electron chi connectivity index (χ0n) is 10.3. The highest BCUT2D eigenvalue weighted by Crippen LogP contribution is 2.29. The molecule has 3 aromatic rings. The second kappa shape index (κ2) is 4.62. The molecule has 3 aromatic carbocycles. The highest BCUT2D eigenvalue weighted by molar-refractivity contribution is 7.86. The molecule has 0 saturated heterocycles. The molecule has 98 valence electrons. The van der Waals surface area contributed by atoms with E-state index >= 15 is 0 Å². The minimum atomic E-state index is -4.45. The van der Waals surface area contributed by atoms with Crippen LogP contribution in [0.25, 0.3) is 21.5 Å². The Labute approximate surface area is 111 Å². The van der Waals surface area contributed by atoms with Crippen molar-refractivity contribution in [1.82, 2.24) is 6.15 Å². The largest absolute Gasteiger partial charge is 0.744 e. The molecule has 0 saturated carbocycles. The Bertz CT molecular complexity index is 857. The Morgan fingerprint density at radius 2 is 1.42 bits per heavy atom. The van der Waals surface area contributed by atoms with E-state index in [1.165, 1.54) is 6.07 Å². The van der Waals surface area contributed by atoms with Crippen molar-refractivity contribution in [3.05, 3.63) is 54.6 Å². The Kier molecular flexibility index (Phi) is 3.28. The van der Waals surface area contributed by atoms with E-state index in [4.69, 9.17) is 0 Å². The lowest BCUT2D eigenvalue weighted by atomic mass is 10.0. The molecule has 0 heterocycles. The third-order valence-corrected chi connectivity index (χ3v) is 3.91. The van der Waals surface area contributed by atoms with E-state index in [-0.39, 0.29) is 11.0 Å². The number of hydrogen-bond donors (Lipinski definition) is 1. The van der Waals surface area contributed by atoms with Crippen LogP contribution in [0.4, 0.5) is 0 Å². The summed E-state index contributed by atoms with van der Waals surface area (Å²) < 4.78 is 33.7. The lowest BCUT2D eigenvalue weighted by molar-refractivity contribution is 0.464. The molecule has 0 radical (unpaired) electrons. The van der Waals surface area contributed by atoms with Gasteiger partial charge in [0.1, 0.15) is 10.1 Å². The topological polar surface area (TPSA) is 93.7 Å². The van der Waals surface area contributed by atoms with Crippen LogP contribution in [0.1, 0.15) is 0 Å². The number of fused-ring (bicyclic) bond motifs is 3. The van der Waals surface area contributed by atoms with E-state index in [2.05, 4.69) is 0 Å². The molecular formula is C14H13NO3S. The predicted molar refractivity (Wildman–Crippen MR) is 75.4 cm³/mol. The van der Waals surface area contributed by atoms with Crippen molar-refractivity contribution in [3.63, 3.8) is 0 Å². The van der Waals surface area contributed by atoms with Gasteiger partial charge >= 0.3 is 0 Å². The van der Waals surface area contributed by atoms with Crippen LogP contribution in [0.15, 0.2) is 59.5 Å². The van der Waals surface area contributed by atoms with Gasteiger partial charge in [0.2, 0.25) is 0 Å². The first-order valence-electron chi connectivity index (χ1n) is 5.44. The first-order chi connectivity index (χ1) is 8.57. The Morgan fingerprint density at radius 1 is 0.737 bits per heavy atom. The van der Waals surface area contributed by atoms with E-state index in [9.17, 15) is 13.0 Å². The molecule has 19 heavy (non-hydrogen) atoms. The van der Waals surface area contributed by atoms with Crippen molar-refractivity contribution in [2.75, 3.05) is 0 Å². The van der Waals surface area contributed by atoms with Gasteiger partial charge in [0.15, 0.2) is 0 Å². The molecule has 4 nitrogen and oxygen atoms in total. The molecule has 0 aliphatic rings. The van der Waals surface area contributed by atoms with Crippen molar-refractivity contribution in [3.8, 4) is 0 Å². The molecule has 0 aliphatic heterocycles. The molecule has 0 aromatic heterocycles. The van der Waals surface area contributed by atoms with Crippen LogP contribution in [0.5, 0.6) is 0 Å². The normalized spacial score (nSPS) is 11.4. The van der Waals surface area contributed by atoms with Crippen molar-refractivity contribution < 1.29 is 13.0 Å².